The van der Waals surface area contributed by atoms with E-state index in [4.69, 9.17) is 4.74 Å². The van der Waals surface area contributed by atoms with E-state index in [0.717, 1.165) is 34.6 Å². The number of hydrogen-bond acceptors (Lipinski definition) is 3. The van der Waals surface area contributed by atoms with Gasteiger partial charge in [-0.05, 0) is 37.1 Å². The van der Waals surface area contributed by atoms with E-state index in [2.05, 4.69) is 53.6 Å². The Balaban J connectivity index is 0.00000192. The number of benzene rings is 2. The van der Waals surface area contributed by atoms with Crippen LogP contribution in [0.5, 0.6) is 5.75 Å². The van der Waals surface area contributed by atoms with Gasteiger partial charge in [0, 0.05) is 23.3 Å². The number of anilines is 1. The van der Waals surface area contributed by atoms with Gasteiger partial charge in [-0.15, -0.1) is 12.4 Å². The minimum absolute atomic E-state index is 0. The highest BCUT2D eigenvalue weighted by Gasteiger charge is 2.08. The maximum Gasteiger partial charge on any atom is 0.145 e. The number of hydrogen-bond donors (Lipinski definition) is 1. The van der Waals surface area contributed by atoms with Crippen LogP contribution in [0.2, 0.25) is 0 Å². The third-order valence-electron chi connectivity index (χ3n) is 3.88. The quantitative estimate of drug-likeness (QED) is 0.740. The fourth-order valence-corrected chi connectivity index (χ4v) is 2.66. The summed E-state index contributed by atoms with van der Waals surface area (Å²) in [5.41, 5.74) is 5.56. The molecule has 0 saturated carbocycles. The van der Waals surface area contributed by atoms with Crippen LogP contribution < -0.4 is 10.1 Å². The summed E-state index contributed by atoms with van der Waals surface area (Å²) in [5.74, 6) is 0.806. The van der Waals surface area contributed by atoms with Crippen molar-refractivity contribution in [3.8, 4) is 5.75 Å². The Morgan fingerprint density at radius 2 is 1.83 bits per heavy atom. The van der Waals surface area contributed by atoms with Gasteiger partial charge in [0.15, 0.2) is 0 Å². The molecule has 0 aliphatic rings. The van der Waals surface area contributed by atoms with Crippen LogP contribution in [0.4, 0.5) is 5.69 Å². The van der Waals surface area contributed by atoms with E-state index in [1.807, 2.05) is 19.1 Å². The molecule has 0 fully saturated rings. The monoisotopic (exact) mass is 328 g/mol. The highest BCUT2D eigenvalue weighted by atomic mass is 35.5. The van der Waals surface area contributed by atoms with E-state index in [-0.39, 0.29) is 12.4 Å². The Labute approximate surface area is 143 Å². The number of halogens is 1. The van der Waals surface area contributed by atoms with Crippen LogP contribution in [-0.4, -0.2) is 12.1 Å². The Morgan fingerprint density at radius 3 is 2.57 bits per heavy atom. The minimum atomic E-state index is 0. The van der Waals surface area contributed by atoms with E-state index in [1.165, 1.54) is 11.1 Å². The number of aromatic nitrogens is 1. The van der Waals surface area contributed by atoms with Gasteiger partial charge in [-0.3, -0.25) is 0 Å². The molecule has 0 spiro atoms. The molecule has 0 radical (unpaired) electrons. The number of aryl methyl sites for hydroxylation is 2. The zero-order valence-electron chi connectivity index (χ0n) is 13.6. The van der Waals surface area contributed by atoms with E-state index < -0.39 is 0 Å². The minimum Gasteiger partial charge on any atom is -0.494 e. The van der Waals surface area contributed by atoms with Crippen molar-refractivity contribution in [1.82, 2.24) is 4.98 Å². The zero-order valence-corrected chi connectivity index (χ0v) is 14.4. The van der Waals surface area contributed by atoms with Crippen LogP contribution in [0.15, 0.2) is 48.5 Å². The number of methoxy groups -OCH3 is 1. The average molecular weight is 329 g/mol. The first kappa shape index (κ1) is 17.1. The van der Waals surface area contributed by atoms with E-state index >= 15 is 0 Å². The van der Waals surface area contributed by atoms with Gasteiger partial charge in [0.05, 0.1) is 7.11 Å². The molecule has 4 heteroatoms. The molecule has 1 N–H and O–H groups in total. The fraction of sp³-hybridized carbons (Fsp3) is 0.211. The SMILES string of the molecule is COc1cccc2c(NCc3ccccc3C)cc(C)nc12.Cl. The van der Waals surface area contributed by atoms with Gasteiger partial charge in [0.25, 0.3) is 0 Å². The maximum atomic E-state index is 5.43. The number of para-hydroxylation sites is 1. The van der Waals surface area contributed by atoms with Crippen LogP contribution in [-0.2, 0) is 6.54 Å². The van der Waals surface area contributed by atoms with Crippen molar-refractivity contribution in [2.45, 2.75) is 20.4 Å². The second-order valence-corrected chi connectivity index (χ2v) is 5.45. The Kier molecular flexibility index (Phi) is 5.45. The second-order valence-electron chi connectivity index (χ2n) is 5.45. The molecule has 1 heterocycles. The number of nitrogens with one attached hydrogen (secondary N) is 1. The van der Waals surface area contributed by atoms with Crippen molar-refractivity contribution in [3.63, 3.8) is 0 Å². The summed E-state index contributed by atoms with van der Waals surface area (Å²) in [6.07, 6.45) is 0. The first-order chi connectivity index (χ1) is 10.7. The maximum absolute atomic E-state index is 5.43. The predicted molar refractivity (Wildman–Crippen MR) is 98.8 cm³/mol. The lowest BCUT2D eigenvalue weighted by molar-refractivity contribution is 0.419. The third kappa shape index (κ3) is 3.57. The molecule has 2 aromatic carbocycles. The van der Waals surface area contributed by atoms with Crippen molar-refractivity contribution < 1.29 is 4.74 Å². The van der Waals surface area contributed by atoms with Crippen molar-refractivity contribution >= 4 is 29.0 Å². The Morgan fingerprint density at radius 1 is 1.04 bits per heavy atom. The molecular formula is C19H21ClN2O. The van der Waals surface area contributed by atoms with Gasteiger partial charge in [-0.1, -0.05) is 36.4 Å². The molecular weight excluding hydrogens is 308 g/mol. The molecule has 3 rings (SSSR count). The van der Waals surface area contributed by atoms with Crippen LogP contribution in [0.1, 0.15) is 16.8 Å². The summed E-state index contributed by atoms with van der Waals surface area (Å²) in [7, 11) is 1.68. The Hall–Kier alpha value is -2.26. The summed E-state index contributed by atoms with van der Waals surface area (Å²) in [5, 5.41) is 4.62. The van der Waals surface area contributed by atoms with Crippen molar-refractivity contribution in [2.24, 2.45) is 0 Å². The number of rotatable bonds is 4. The van der Waals surface area contributed by atoms with Crippen LogP contribution in [0.3, 0.4) is 0 Å². The summed E-state index contributed by atoms with van der Waals surface area (Å²) in [6, 6.07) is 16.5. The molecule has 0 aliphatic carbocycles. The number of pyridine rings is 1. The largest absolute Gasteiger partial charge is 0.494 e. The summed E-state index contributed by atoms with van der Waals surface area (Å²) in [4.78, 5) is 4.61. The molecule has 3 nitrogen and oxygen atoms in total. The summed E-state index contributed by atoms with van der Waals surface area (Å²) >= 11 is 0. The molecule has 0 saturated heterocycles. The molecule has 0 amide bonds. The van der Waals surface area contributed by atoms with Crippen molar-refractivity contribution in [2.75, 3.05) is 12.4 Å². The van der Waals surface area contributed by atoms with Crippen LogP contribution in [0.25, 0.3) is 10.9 Å². The summed E-state index contributed by atoms with van der Waals surface area (Å²) in [6.45, 7) is 4.93. The van der Waals surface area contributed by atoms with Gasteiger partial charge in [0.1, 0.15) is 11.3 Å². The molecule has 0 bridgehead atoms. The van der Waals surface area contributed by atoms with E-state index in [0.29, 0.717) is 0 Å². The molecule has 23 heavy (non-hydrogen) atoms. The van der Waals surface area contributed by atoms with Gasteiger partial charge in [-0.25, -0.2) is 4.98 Å². The lowest BCUT2D eigenvalue weighted by Crippen LogP contribution is -2.03. The zero-order chi connectivity index (χ0) is 15.5. The van der Waals surface area contributed by atoms with Crippen molar-refractivity contribution in [3.05, 3.63) is 65.4 Å². The molecule has 0 atom stereocenters. The lowest BCUT2D eigenvalue weighted by Gasteiger charge is -2.13. The first-order valence-electron chi connectivity index (χ1n) is 7.42. The molecule has 120 valence electrons. The number of ether oxygens (including phenoxy) is 1. The van der Waals surface area contributed by atoms with Gasteiger partial charge in [-0.2, -0.15) is 0 Å². The van der Waals surface area contributed by atoms with Gasteiger partial charge in [0.2, 0.25) is 0 Å². The lowest BCUT2D eigenvalue weighted by atomic mass is 10.1. The normalized spacial score (nSPS) is 10.2. The standard InChI is InChI=1S/C19H20N2O.ClH/c1-13-7-4-5-8-15(13)12-20-17-11-14(2)21-19-16(17)9-6-10-18(19)22-3;/h4-11H,12H2,1-3H3,(H,20,21);1H. The fourth-order valence-electron chi connectivity index (χ4n) is 2.66. The van der Waals surface area contributed by atoms with Gasteiger partial charge >= 0.3 is 0 Å². The third-order valence-corrected chi connectivity index (χ3v) is 3.88. The van der Waals surface area contributed by atoms with E-state index in [9.17, 15) is 0 Å². The molecule has 0 unspecified atom stereocenters. The molecule has 3 aromatic rings. The second kappa shape index (κ2) is 7.34. The molecule has 1 aromatic heterocycles. The highest BCUT2D eigenvalue weighted by molar-refractivity contribution is 5.95. The smallest absolute Gasteiger partial charge is 0.145 e. The highest BCUT2D eigenvalue weighted by Crippen LogP contribution is 2.30. The van der Waals surface area contributed by atoms with Crippen LogP contribution in [0, 0.1) is 13.8 Å². The predicted octanol–water partition coefficient (Wildman–Crippen LogP) is 4.89. The van der Waals surface area contributed by atoms with Crippen LogP contribution >= 0.6 is 12.4 Å². The van der Waals surface area contributed by atoms with Crippen molar-refractivity contribution in [1.29, 1.82) is 0 Å². The van der Waals surface area contributed by atoms with E-state index in [1.54, 1.807) is 7.11 Å². The molecule has 0 aliphatic heterocycles. The average Bonchev–Trinajstić information content (AvgIpc) is 2.53. The summed E-state index contributed by atoms with van der Waals surface area (Å²) < 4.78 is 5.43. The number of fused-ring (bicyclic) bond motifs is 1. The topological polar surface area (TPSA) is 34.1 Å². The Bertz CT molecular complexity index is 818. The number of nitrogens with zero attached hydrogens (tertiary/aromatic N) is 1. The van der Waals surface area contributed by atoms with Gasteiger partial charge < -0.3 is 10.1 Å². The first-order valence-corrected chi connectivity index (χ1v) is 7.42.